The molecule has 0 aliphatic heterocycles. The van der Waals surface area contributed by atoms with Gasteiger partial charge in [0, 0.05) is 5.02 Å². The zero-order valence-corrected chi connectivity index (χ0v) is 12.5. The molecule has 1 aliphatic carbocycles. The van der Waals surface area contributed by atoms with E-state index in [9.17, 15) is 4.79 Å². The van der Waals surface area contributed by atoms with Crippen molar-refractivity contribution < 1.29 is 9.53 Å². The van der Waals surface area contributed by atoms with Gasteiger partial charge in [-0.1, -0.05) is 32.4 Å². The van der Waals surface area contributed by atoms with Crippen molar-refractivity contribution in [1.29, 1.82) is 0 Å². The fourth-order valence-corrected chi connectivity index (χ4v) is 3.40. The van der Waals surface area contributed by atoms with Crippen molar-refractivity contribution >= 4 is 17.9 Å². The summed E-state index contributed by atoms with van der Waals surface area (Å²) in [5.74, 6) is 1.25. The zero-order valence-electron chi connectivity index (χ0n) is 11.8. The Balaban J connectivity index is 2.16. The van der Waals surface area contributed by atoms with Gasteiger partial charge in [0.15, 0.2) is 6.29 Å². The van der Waals surface area contributed by atoms with Gasteiger partial charge >= 0.3 is 0 Å². The first-order chi connectivity index (χ1) is 8.89. The molecule has 3 heteroatoms. The maximum atomic E-state index is 11.0. The Morgan fingerprint density at radius 3 is 2.74 bits per heavy atom. The van der Waals surface area contributed by atoms with Gasteiger partial charge in [-0.15, -0.1) is 0 Å². The normalized spacial score (nSPS) is 25.9. The van der Waals surface area contributed by atoms with E-state index in [1.807, 2.05) is 0 Å². The van der Waals surface area contributed by atoms with E-state index >= 15 is 0 Å². The number of halogens is 1. The van der Waals surface area contributed by atoms with Gasteiger partial charge in [0.05, 0.1) is 11.7 Å². The number of carbonyl (C=O) groups excluding carboxylic acids is 1. The van der Waals surface area contributed by atoms with E-state index in [0.29, 0.717) is 27.7 Å². The predicted molar refractivity (Wildman–Crippen MR) is 78.1 cm³/mol. The third-order valence-electron chi connectivity index (χ3n) is 3.74. The van der Waals surface area contributed by atoms with Gasteiger partial charge in [0.2, 0.25) is 0 Å². The van der Waals surface area contributed by atoms with Crippen LogP contribution in [0.25, 0.3) is 0 Å². The van der Waals surface area contributed by atoms with E-state index in [-0.39, 0.29) is 6.10 Å². The van der Waals surface area contributed by atoms with Crippen LogP contribution in [0.5, 0.6) is 5.75 Å². The summed E-state index contributed by atoms with van der Waals surface area (Å²) < 4.78 is 6.05. The third kappa shape index (κ3) is 3.73. The zero-order chi connectivity index (χ0) is 14.0. The average Bonchev–Trinajstić information content (AvgIpc) is 2.26. The third-order valence-corrected chi connectivity index (χ3v) is 3.98. The van der Waals surface area contributed by atoms with Crippen LogP contribution in [0.4, 0.5) is 0 Å². The first kappa shape index (κ1) is 14.4. The van der Waals surface area contributed by atoms with Crippen LogP contribution in [0.1, 0.15) is 50.4 Å². The number of rotatable bonds is 3. The molecule has 0 heterocycles. The fourth-order valence-electron chi connectivity index (χ4n) is 3.24. The molecule has 19 heavy (non-hydrogen) atoms. The van der Waals surface area contributed by atoms with Crippen molar-refractivity contribution in [2.45, 2.75) is 46.1 Å². The molecule has 0 aromatic heterocycles. The second-order valence-electron chi connectivity index (χ2n) is 6.45. The van der Waals surface area contributed by atoms with E-state index in [1.165, 1.54) is 6.42 Å². The SMILES string of the molecule is CC1CC(Oc2cc(Cl)ccc2C=O)CC(C)(C)C1. The number of hydrogen-bond donors (Lipinski definition) is 0. The van der Waals surface area contributed by atoms with Crippen molar-refractivity contribution in [3.8, 4) is 5.75 Å². The van der Waals surface area contributed by atoms with Crippen LogP contribution >= 0.6 is 11.6 Å². The highest BCUT2D eigenvalue weighted by molar-refractivity contribution is 6.30. The smallest absolute Gasteiger partial charge is 0.153 e. The quantitative estimate of drug-likeness (QED) is 0.747. The molecule has 1 aromatic carbocycles. The molecule has 0 saturated heterocycles. The molecule has 0 N–H and O–H groups in total. The molecular weight excluding hydrogens is 260 g/mol. The molecule has 2 unspecified atom stereocenters. The lowest BCUT2D eigenvalue weighted by Gasteiger charge is -2.39. The van der Waals surface area contributed by atoms with Crippen LogP contribution in [-0.2, 0) is 0 Å². The number of carbonyl (C=O) groups is 1. The summed E-state index contributed by atoms with van der Waals surface area (Å²) in [6.07, 6.45) is 4.26. The van der Waals surface area contributed by atoms with Gasteiger partial charge < -0.3 is 4.74 Å². The molecule has 2 nitrogen and oxygen atoms in total. The summed E-state index contributed by atoms with van der Waals surface area (Å²) in [5.41, 5.74) is 0.864. The largest absolute Gasteiger partial charge is 0.490 e. The summed E-state index contributed by atoms with van der Waals surface area (Å²) in [6, 6.07) is 5.16. The van der Waals surface area contributed by atoms with Crippen LogP contribution < -0.4 is 4.74 Å². The minimum Gasteiger partial charge on any atom is -0.490 e. The Hall–Kier alpha value is -1.02. The Labute approximate surface area is 120 Å². The molecule has 1 saturated carbocycles. The van der Waals surface area contributed by atoms with Crippen LogP contribution in [0.3, 0.4) is 0 Å². The van der Waals surface area contributed by atoms with E-state index in [2.05, 4.69) is 20.8 Å². The highest BCUT2D eigenvalue weighted by atomic mass is 35.5. The predicted octanol–water partition coefficient (Wildman–Crippen LogP) is 4.75. The standard InChI is InChI=1S/C16H21ClO2/c1-11-6-14(9-16(2,3)8-11)19-15-7-13(17)5-4-12(15)10-18/h4-5,7,10-11,14H,6,8-9H2,1-3H3. The lowest BCUT2D eigenvalue weighted by molar-refractivity contribution is 0.0557. The van der Waals surface area contributed by atoms with Gasteiger partial charge in [-0.2, -0.15) is 0 Å². The minimum atomic E-state index is 0.163. The van der Waals surface area contributed by atoms with Crippen LogP contribution in [-0.4, -0.2) is 12.4 Å². The number of hydrogen-bond acceptors (Lipinski definition) is 2. The van der Waals surface area contributed by atoms with E-state index in [1.54, 1.807) is 18.2 Å². The molecule has 0 spiro atoms. The second-order valence-corrected chi connectivity index (χ2v) is 6.89. The van der Waals surface area contributed by atoms with Gasteiger partial charge in [0.1, 0.15) is 5.75 Å². The molecule has 1 aromatic rings. The van der Waals surface area contributed by atoms with Crippen molar-refractivity contribution in [1.82, 2.24) is 0 Å². The van der Waals surface area contributed by atoms with E-state index in [4.69, 9.17) is 16.3 Å². The molecule has 2 atom stereocenters. The highest BCUT2D eigenvalue weighted by Crippen LogP contribution is 2.40. The van der Waals surface area contributed by atoms with Crippen LogP contribution in [0, 0.1) is 11.3 Å². The van der Waals surface area contributed by atoms with Gasteiger partial charge in [-0.3, -0.25) is 4.79 Å². The topological polar surface area (TPSA) is 26.3 Å². The first-order valence-electron chi connectivity index (χ1n) is 6.81. The van der Waals surface area contributed by atoms with E-state index in [0.717, 1.165) is 19.1 Å². The molecule has 1 fully saturated rings. The van der Waals surface area contributed by atoms with Gasteiger partial charge in [0.25, 0.3) is 0 Å². The van der Waals surface area contributed by atoms with Gasteiger partial charge in [-0.05, 0) is 48.8 Å². The minimum absolute atomic E-state index is 0.163. The van der Waals surface area contributed by atoms with Gasteiger partial charge in [-0.25, -0.2) is 0 Å². The molecule has 0 bridgehead atoms. The lowest BCUT2D eigenvalue weighted by Crippen LogP contribution is -2.34. The molecule has 2 rings (SSSR count). The molecule has 0 amide bonds. The Kier molecular flexibility index (Phi) is 4.19. The first-order valence-corrected chi connectivity index (χ1v) is 7.19. The van der Waals surface area contributed by atoms with Crippen molar-refractivity contribution in [3.05, 3.63) is 28.8 Å². The second kappa shape index (κ2) is 5.54. The number of benzene rings is 1. The van der Waals surface area contributed by atoms with Crippen molar-refractivity contribution in [2.75, 3.05) is 0 Å². The van der Waals surface area contributed by atoms with E-state index < -0.39 is 0 Å². The molecular formula is C16H21ClO2. The highest BCUT2D eigenvalue weighted by Gasteiger charge is 2.33. The van der Waals surface area contributed by atoms with Crippen LogP contribution in [0.2, 0.25) is 5.02 Å². The maximum absolute atomic E-state index is 11.0. The summed E-state index contributed by atoms with van der Waals surface area (Å²) in [7, 11) is 0. The Morgan fingerprint density at radius 1 is 1.37 bits per heavy atom. The van der Waals surface area contributed by atoms with Crippen LogP contribution in [0.15, 0.2) is 18.2 Å². The molecule has 0 radical (unpaired) electrons. The molecule has 104 valence electrons. The van der Waals surface area contributed by atoms with Crippen molar-refractivity contribution in [3.63, 3.8) is 0 Å². The fraction of sp³-hybridized carbons (Fsp3) is 0.562. The molecule has 1 aliphatic rings. The summed E-state index contributed by atoms with van der Waals surface area (Å²) in [5, 5.41) is 0.601. The maximum Gasteiger partial charge on any atom is 0.153 e. The summed E-state index contributed by atoms with van der Waals surface area (Å²) in [4.78, 5) is 11.0. The summed E-state index contributed by atoms with van der Waals surface area (Å²) >= 11 is 5.98. The Morgan fingerprint density at radius 2 is 2.11 bits per heavy atom. The monoisotopic (exact) mass is 280 g/mol. The average molecular weight is 281 g/mol. The Bertz CT molecular complexity index is 468. The number of aldehydes is 1. The number of ether oxygens (including phenoxy) is 1. The van der Waals surface area contributed by atoms with Crippen molar-refractivity contribution in [2.24, 2.45) is 11.3 Å². The lowest BCUT2D eigenvalue weighted by atomic mass is 9.71. The summed E-state index contributed by atoms with van der Waals surface area (Å²) in [6.45, 7) is 6.81.